The Labute approximate surface area is 110 Å². The molecule has 0 aliphatic heterocycles. The first kappa shape index (κ1) is 13.3. The summed E-state index contributed by atoms with van der Waals surface area (Å²) in [4.78, 5) is 25.5. The van der Waals surface area contributed by atoms with E-state index in [1.807, 2.05) is 0 Å². The van der Waals surface area contributed by atoms with Gasteiger partial charge in [-0.25, -0.2) is 4.98 Å². The zero-order valence-corrected chi connectivity index (χ0v) is 10.7. The van der Waals surface area contributed by atoms with Crippen molar-refractivity contribution in [2.45, 2.75) is 19.8 Å². The minimum atomic E-state index is -0.494. The summed E-state index contributed by atoms with van der Waals surface area (Å²) in [6.07, 6.45) is 3.56. The summed E-state index contributed by atoms with van der Waals surface area (Å²) < 4.78 is 0. The number of nitrogens with one attached hydrogen (secondary N) is 2. The third kappa shape index (κ3) is 3.90. The first-order chi connectivity index (χ1) is 9.06. The number of anilines is 1. The van der Waals surface area contributed by atoms with E-state index in [1.165, 1.54) is 25.1 Å². The van der Waals surface area contributed by atoms with Crippen LogP contribution in [0.25, 0.3) is 0 Å². The van der Waals surface area contributed by atoms with Crippen molar-refractivity contribution in [3.8, 4) is 0 Å². The fourth-order valence-corrected chi connectivity index (χ4v) is 1.65. The normalized spacial score (nSPS) is 13.9. The van der Waals surface area contributed by atoms with Gasteiger partial charge in [-0.15, -0.1) is 0 Å². The predicted molar refractivity (Wildman–Crippen MR) is 69.9 cm³/mol. The van der Waals surface area contributed by atoms with Crippen LogP contribution in [0.5, 0.6) is 0 Å². The fraction of sp³-hybridized carbons (Fsp3) is 0.500. The molecule has 0 radical (unpaired) electrons. The number of nitro groups is 1. The number of nitrogens with zero attached hydrogens (tertiary/aromatic N) is 2. The van der Waals surface area contributed by atoms with Crippen LogP contribution in [-0.4, -0.2) is 28.9 Å². The highest BCUT2D eigenvalue weighted by molar-refractivity contribution is 5.80. The van der Waals surface area contributed by atoms with Gasteiger partial charge in [0.1, 0.15) is 12.0 Å². The molecule has 7 nitrogen and oxygen atoms in total. The molecule has 1 fully saturated rings. The first-order valence-corrected chi connectivity index (χ1v) is 6.18. The number of hydrogen-bond acceptors (Lipinski definition) is 5. The van der Waals surface area contributed by atoms with Crippen molar-refractivity contribution in [2.24, 2.45) is 5.92 Å². The number of rotatable bonds is 6. The van der Waals surface area contributed by atoms with Crippen molar-refractivity contribution in [1.82, 2.24) is 10.3 Å². The van der Waals surface area contributed by atoms with Crippen molar-refractivity contribution in [2.75, 3.05) is 18.4 Å². The Balaban J connectivity index is 1.84. The summed E-state index contributed by atoms with van der Waals surface area (Å²) in [7, 11) is 0. The summed E-state index contributed by atoms with van der Waals surface area (Å²) >= 11 is 0. The Morgan fingerprint density at radius 3 is 2.89 bits per heavy atom. The topological polar surface area (TPSA) is 97.2 Å². The first-order valence-electron chi connectivity index (χ1n) is 6.18. The number of carbonyl (C=O) groups excluding carboxylic acids is 1. The third-order valence-corrected chi connectivity index (χ3v) is 2.98. The standard InChI is InChI=1S/C12H16N4O3/c1-8-4-10(16(18)19)6-14-12(8)15-7-11(17)13-5-9-2-3-9/h4,6,9H,2-3,5,7H2,1H3,(H,13,17)(H,14,15). The third-order valence-electron chi connectivity index (χ3n) is 2.98. The van der Waals surface area contributed by atoms with E-state index in [0.29, 0.717) is 17.3 Å². The molecule has 0 spiro atoms. The number of aryl methyl sites for hydroxylation is 1. The van der Waals surface area contributed by atoms with Gasteiger partial charge in [0.05, 0.1) is 11.5 Å². The molecular formula is C12H16N4O3. The minimum Gasteiger partial charge on any atom is -0.361 e. The number of amides is 1. The summed E-state index contributed by atoms with van der Waals surface area (Å²) in [6.45, 7) is 2.57. The maximum Gasteiger partial charge on any atom is 0.287 e. The van der Waals surface area contributed by atoms with Crippen LogP contribution in [0.1, 0.15) is 18.4 Å². The maximum atomic E-state index is 11.5. The molecule has 1 heterocycles. The van der Waals surface area contributed by atoms with Crippen LogP contribution in [0.15, 0.2) is 12.3 Å². The average molecular weight is 264 g/mol. The van der Waals surface area contributed by atoms with Gasteiger partial charge < -0.3 is 10.6 Å². The van der Waals surface area contributed by atoms with E-state index in [-0.39, 0.29) is 18.1 Å². The number of carbonyl (C=O) groups is 1. The Kier molecular flexibility index (Phi) is 3.94. The van der Waals surface area contributed by atoms with Crippen LogP contribution in [0, 0.1) is 23.0 Å². The van der Waals surface area contributed by atoms with Crippen molar-refractivity contribution in [3.05, 3.63) is 27.9 Å². The molecule has 0 saturated heterocycles. The van der Waals surface area contributed by atoms with Crippen LogP contribution in [0.3, 0.4) is 0 Å². The van der Waals surface area contributed by atoms with Crippen LogP contribution in [-0.2, 0) is 4.79 Å². The van der Waals surface area contributed by atoms with Crippen LogP contribution >= 0.6 is 0 Å². The molecule has 0 bridgehead atoms. The zero-order chi connectivity index (χ0) is 13.8. The van der Waals surface area contributed by atoms with Gasteiger partial charge in [-0.3, -0.25) is 14.9 Å². The summed E-state index contributed by atoms with van der Waals surface area (Å²) in [6, 6.07) is 1.43. The van der Waals surface area contributed by atoms with Gasteiger partial charge in [0, 0.05) is 12.6 Å². The summed E-state index contributed by atoms with van der Waals surface area (Å²) in [5, 5.41) is 16.3. The van der Waals surface area contributed by atoms with Crippen molar-refractivity contribution in [1.29, 1.82) is 0 Å². The molecule has 2 rings (SSSR count). The second-order valence-electron chi connectivity index (χ2n) is 4.72. The molecule has 1 saturated carbocycles. The van der Waals surface area contributed by atoms with Gasteiger partial charge in [0.15, 0.2) is 0 Å². The van der Waals surface area contributed by atoms with Crippen molar-refractivity contribution in [3.63, 3.8) is 0 Å². The van der Waals surface area contributed by atoms with Gasteiger partial charge in [0.2, 0.25) is 5.91 Å². The van der Waals surface area contributed by atoms with E-state index in [9.17, 15) is 14.9 Å². The van der Waals surface area contributed by atoms with Crippen molar-refractivity contribution >= 4 is 17.4 Å². The summed E-state index contributed by atoms with van der Waals surface area (Å²) in [5.41, 5.74) is 0.588. The molecule has 2 N–H and O–H groups in total. The van der Waals surface area contributed by atoms with E-state index < -0.39 is 4.92 Å². The largest absolute Gasteiger partial charge is 0.361 e. The quantitative estimate of drug-likeness (QED) is 0.595. The van der Waals surface area contributed by atoms with E-state index in [4.69, 9.17) is 0 Å². The number of aromatic nitrogens is 1. The number of hydrogen-bond donors (Lipinski definition) is 2. The summed E-state index contributed by atoms with van der Waals surface area (Å²) in [5.74, 6) is 1.04. The smallest absolute Gasteiger partial charge is 0.287 e. The van der Waals surface area contributed by atoms with Gasteiger partial charge in [0.25, 0.3) is 5.69 Å². The molecule has 102 valence electrons. The highest BCUT2D eigenvalue weighted by atomic mass is 16.6. The predicted octanol–water partition coefficient (Wildman–Crippen LogP) is 1.24. The van der Waals surface area contributed by atoms with Gasteiger partial charge in [-0.2, -0.15) is 0 Å². The van der Waals surface area contributed by atoms with E-state index in [0.717, 1.165) is 6.54 Å². The lowest BCUT2D eigenvalue weighted by atomic mass is 10.2. The van der Waals surface area contributed by atoms with Crippen LogP contribution in [0.4, 0.5) is 11.5 Å². The second kappa shape index (κ2) is 5.64. The Morgan fingerprint density at radius 2 is 2.32 bits per heavy atom. The van der Waals surface area contributed by atoms with E-state index in [2.05, 4.69) is 15.6 Å². The molecular weight excluding hydrogens is 248 g/mol. The molecule has 1 aromatic rings. The van der Waals surface area contributed by atoms with Crippen molar-refractivity contribution < 1.29 is 9.72 Å². The van der Waals surface area contributed by atoms with Crippen LogP contribution in [0.2, 0.25) is 0 Å². The highest BCUT2D eigenvalue weighted by Crippen LogP contribution is 2.27. The average Bonchev–Trinajstić information content (AvgIpc) is 3.18. The Morgan fingerprint density at radius 1 is 1.58 bits per heavy atom. The molecule has 0 atom stereocenters. The lowest BCUT2D eigenvalue weighted by molar-refractivity contribution is -0.385. The zero-order valence-electron chi connectivity index (χ0n) is 10.7. The SMILES string of the molecule is Cc1cc([N+](=O)[O-])cnc1NCC(=O)NCC1CC1. The lowest BCUT2D eigenvalue weighted by Gasteiger charge is -2.08. The molecule has 1 amide bonds. The molecule has 7 heteroatoms. The van der Waals surface area contributed by atoms with E-state index in [1.54, 1.807) is 6.92 Å². The molecule has 0 unspecified atom stereocenters. The number of pyridine rings is 1. The highest BCUT2D eigenvalue weighted by Gasteiger charge is 2.21. The monoisotopic (exact) mass is 264 g/mol. The Hall–Kier alpha value is -2.18. The Bertz CT molecular complexity index is 500. The van der Waals surface area contributed by atoms with Gasteiger partial charge in [-0.1, -0.05) is 0 Å². The minimum absolute atomic E-state index is 0.0544. The fourth-order valence-electron chi connectivity index (χ4n) is 1.65. The molecule has 1 aliphatic carbocycles. The molecule has 19 heavy (non-hydrogen) atoms. The second-order valence-corrected chi connectivity index (χ2v) is 4.72. The molecule has 1 aromatic heterocycles. The van der Waals surface area contributed by atoms with Gasteiger partial charge in [-0.05, 0) is 31.2 Å². The van der Waals surface area contributed by atoms with Crippen LogP contribution < -0.4 is 10.6 Å². The van der Waals surface area contributed by atoms with Gasteiger partial charge >= 0.3 is 0 Å². The molecule has 0 aromatic carbocycles. The maximum absolute atomic E-state index is 11.5. The lowest BCUT2D eigenvalue weighted by Crippen LogP contribution is -2.31. The molecule has 1 aliphatic rings. The van der Waals surface area contributed by atoms with E-state index >= 15 is 0 Å².